The highest BCUT2D eigenvalue weighted by molar-refractivity contribution is 5.59. The van der Waals surface area contributed by atoms with Crippen molar-refractivity contribution in [1.82, 2.24) is 4.98 Å². The molecule has 3 nitrogen and oxygen atoms in total. The minimum Gasteiger partial charge on any atom is -0.495 e. The Balaban J connectivity index is 2.21. The fraction of sp³-hybridized carbons (Fsp3) is 0.353. The van der Waals surface area contributed by atoms with E-state index in [0.29, 0.717) is 6.54 Å². The highest BCUT2D eigenvalue weighted by Gasteiger charge is 2.15. The monoisotopic (exact) mass is 270 g/mol. The quantitative estimate of drug-likeness (QED) is 0.911. The van der Waals surface area contributed by atoms with Crippen LogP contribution in [0.3, 0.4) is 0 Å². The Morgan fingerprint density at radius 2 is 1.95 bits per heavy atom. The van der Waals surface area contributed by atoms with Gasteiger partial charge in [0.15, 0.2) is 0 Å². The van der Waals surface area contributed by atoms with Crippen LogP contribution in [-0.2, 0) is 12.0 Å². The summed E-state index contributed by atoms with van der Waals surface area (Å²) in [6, 6.07) is 12.2. The smallest absolute Gasteiger partial charge is 0.141 e. The van der Waals surface area contributed by atoms with Gasteiger partial charge in [0.05, 0.1) is 25.0 Å². The van der Waals surface area contributed by atoms with Crippen molar-refractivity contribution in [1.29, 1.82) is 0 Å². The number of benzene rings is 1. The van der Waals surface area contributed by atoms with Crippen molar-refractivity contribution in [2.24, 2.45) is 0 Å². The Morgan fingerprint density at radius 1 is 1.15 bits per heavy atom. The molecule has 0 saturated heterocycles. The Hall–Kier alpha value is -2.03. The van der Waals surface area contributed by atoms with Crippen LogP contribution >= 0.6 is 0 Å². The minimum atomic E-state index is 0.119. The van der Waals surface area contributed by atoms with Crippen LogP contribution in [0.25, 0.3) is 0 Å². The van der Waals surface area contributed by atoms with Crippen LogP contribution in [0, 0.1) is 0 Å². The second-order valence-corrected chi connectivity index (χ2v) is 5.84. The van der Waals surface area contributed by atoms with Crippen molar-refractivity contribution in [2.45, 2.75) is 32.7 Å². The number of nitrogens with zero attached hydrogens (tertiary/aromatic N) is 1. The molecule has 0 fully saturated rings. The summed E-state index contributed by atoms with van der Waals surface area (Å²) < 4.78 is 5.42. The summed E-state index contributed by atoms with van der Waals surface area (Å²) in [5.41, 5.74) is 3.41. The number of rotatable bonds is 4. The summed E-state index contributed by atoms with van der Waals surface area (Å²) in [5, 5.41) is 3.41. The van der Waals surface area contributed by atoms with Crippen LogP contribution < -0.4 is 10.1 Å². The SMILES string of the molecule is COc1ccc(C(C)(C)C)cc1NCc1ccccn1. The average molecular weight is 270 g/mol. The Morgan fingerprint density at radius 3 is 2.55 bits per heavy atom. The molecule has 0 unspecified atom stereocenters. The molecule has 1 N–H and O–H groups in total. The molecule has 0 aliphatic rings. The molecule has 1 heterocycles. The molecule has 1 aromatic carbocycles. The number of ether oxygens (including phenoxy) is 1. The normalized spacial score (nSPS) is 11.2. The van der Waals surface area contributed by atoms with Crippen LogP contribution in [0.1, 0.15) is 32.0 Å². The summed E-state index contributed by atoms with van der Waals surface area (Å²) in [7, 11) is 1.69. The Labute approximate surface area is 121 Å². The van der Waals surface area contributed by atoms with E-state index in [1.807, 2.05) is 24.3 Å². The predicted molar refractivity (Wildman–Crippen MR) is 83.3 cm³/mol. The van der Waals surface area contributed by atoms with E-state index < -0.39 is 0 Å². The topological polar surface area (TPSA) is 34.1 Å². The highest BCUT2D eigenvalue weighted by Crippen LogP contribution is 2.31. The van der Waals surface area contributed by atoms with E-state index >= 15 is 0 Å². The van der Waals surface area contributed by atoms with E-state index in [0.717, 1.165) is 17.1 Å². The summed E-state index contributed by atoms with van der Waals surface area (Å²) >= 11 is 0. The van der Waals surface area contributed by atoms with E-state index in [-0.39, 0.29) is 5.41 Å². The summed E-state index contributed by atoms with van der Waals surface area (Å²) in [6.07, 6.45) is 1.81. The molecule has 106 valence electrons. The first-order valence-corrected chi connectivity index (χ1v) is 6.83. The van der Waals surface area contributed by atoms with Crippen LogP contribution in [0.4, 0.5) is 5.69 Å². The predicted octanol–water partition coefficient (Wildman–Crippen LogP) is 4.00. The second-order valence-electron chi connectivity index (χ2n) is 5.84. The number of anilines is 1. The number of methoxy groups -OCH3 is 1. The molecule has 0 bridgehead atoms. The molecule has 0 atom stereocenters. The fourth-order valence-electron chi connectivity index (χ4n) is 2.00. The third-order valence-corrected chi connectivity index (χ3v) is 3.25. The third-order valence-electron chi connectivity index (χ3n) is 3.25. The van der Waals surface area contributed by atoms with Gasteiger partial charge >= 0.3 is 0 Å². The summed E-state index contributed by atoms with van der Waals surface area (Å²) in [6.45, 7) is 7.30. The van der Waals surface area contributed by atoms with Gasteiger partial charge in [0, 0.05) is 6.20 Å². The fourth-order valence-corrected chi connectivity index (χ4v) is 2.00. The molecule has 0 saturated carbocycles. The van der Waals surface area contributed by atoms with E-state index in [4.69, 9.17) is 4.74 Å². The van der Waals surface area contributed by atoms with Gasteiger partial charge in [-0.05, 0) is 35.2 Å². The minimum absolute atomic E-state index is 0.119. The first-order chi connectivity index (χ1) is 9.50. The van der Waals surface area contributed by atoms with Crippen LogP contribution in [0.2, 0.25) is 0 Å². The molecule has 2 rings (SSSR count). The van der Waals surface area contributed by atoms with E-state index in [2.05, 4.69) is 43.2 Å². The molecule has 1 aromatic heterocycles. The van der Waals surface area contributed by atoms with Gasteiger partial charge in [-0.2, -0.15) is 0 Å². The van der Waals surface area contributed by atoms with Gasteiger partial charge in [-0.3, -0.25) is 4.98 Å². The molecule has 3 heteroatoms. The maximum atomic E-state index is 5.42. The molecule has 20 heavy (non-hydrogen) atoms. The number of nitrogens with one attached hydrogen (secondary N) is 1. The van der Waals surface area contributed by atoms with Crippen molar-refractivity contribution in [3.8, 4) is 5.75 Å². The molecular formula is C17H22N2O. The standard InChI is InChI=1S/C17H22N2O/c1-17(2,3)13-8-9-16(20-4)15(11-13)19-12-14-7-5-6-10-18-14/h5-11,19H,12H2,1-4H3. The van der Waals surface area contributed by atoms with Gasteiger partial charge in [0.25, 0.3) is 0 Å². The van der Waals surface area contributed by atoms with E-state index in [1.165, 1.54) is 5.56 Å². The molecule has 0 radical (unpaired) electrons. The zero-order valence-electron chi connectivity index (χ0n) is 12.6. The number of hydrogen-bond donors (Lipinski definition) is 1. The van der Waals surface area contributed by atoms with Crippen molar-refractivity contribution in [3.63, 3.8) is 0 Å². The first kappa shape index (κ1) is 14.4. The molecular weight excluding hydrogens is 248 g/mol. The molecule has 0 aliphatic heterocycles. The van der Waals surface area contributed by atoms with Gasteiger partial charge in [0.2, 0.25) is 0 Å². The lowest BCUT2D eigenvalue weighted by Gasteiger charge is -2.21. The lowest BCUT2D eigenvalue weighted by molar-refractivity contribution is 0.416. The van der Waals surface area contributed by atoms with Crippen LogP contribution in [0.5, 0.6) is 5.75 Å². The molecule has 0 spiro atoms. The average Bonchev–Trinajstić information content (AvgIpc) is 2.45. The van der Waals surface area contributed by atoms with Crippen molar-refractivity contribution in [3.05, 3.63) is 53.9 Å². The van der Waals surface area contributed by atoms with Crippen molar-refractivity contribution < 1.29 is 4.74 Å². The number of pyridine rings is 1. The zero-order valence-corrected chi connectivity index (χ0v) is 12.6. The summed E-state index contributed by atoms with van der Waals surface area (Å²) in [5.74, 6) is 0.855. The van der Waals surface area contributed by atoms with Crippen LogP contribution in [0.15, 0.2) is 42.6 Å². The van der Waals surface area contributed by atoms with Gasteiger partial charge in [-0.15, -0.1) is 0 Å². The van der Waals surface area contributed by atoms with Crippen molar-refractivity contribution >= 4 is 5.69 Å². The Bertz CT molecular complexity index is 559. The molecule has 0 amide bonds. The number of hydrogen-bond acceptors (Lipinski definition) is 3. The largest absolute Gasteiger partial charge is 0.495 e. The maximum absolute atomic E-state index is 5.42. The third kappa shape index (κ3) is 3.50. The summed E-state index contributed by atoms with van der Waals surface area (Å²) in [4.78, 5) is 4.32. The second kappa shape index (κ2) is 5.95. The molecule has 2 aromatic rings. The van der Waals surface area contributed by atoms with Crippen LogP contribution in [-0.4, -0.2) is 12.1 Å². The van der Waals surface area contributed by atoms with Crippen molar-refractivity contribution in [2.75, 3.05) is 12.4 Å². The van der Waals surface area contributed by atoms with Gasteiger partial charge in [-0.25, -0.2) is 0 Å². The van der Waals surface area contributed by atoms with Gasteiger partial charge < -0.3 is 10.1 Å². The maximum Gasteiger partial charge on any atom is 0.141 e. The van der Waals surface area contributed by atoms with Gasteiger partial charge in [-0.1, -0.05) is 32.9 Å². The lowest BCUT2D eigenvalue weighted by atomic mass is 9.87. The van der Waals surface area contributed by atoms with E-state index in [9.17, 15) is 0 Å². The molecule has 0 aliphatic carbocycles. The first-order valence-electron chi connectivity index (χ1n) is 6.83. The Kier molecular flexibility index (Phi) is 4.28. The lowest BCUT2D eigenvalue weighted by Crippen LogP contribution is -2.12. The zero-order chi connectivity index (χ0) is 14.6. The number of aromatic nitrogens is 1. The van der Waals surface area contributed by atoms with Gasteiger partial charge in [0.1, 0.15) is 5.75 Å². The highest BCUT2D eigenvalue weighted by atomic mass is 16.5. The van der Waals surface area contributed by atoms with E-state index in [1.54, 1.807) is 13.3 Å².